The lowest BCUT2D eigenvalue weighted by atomic mass is 10.2. The van der Waals surface area contributed by atoms with Gasteiger partial charge in [0.1, 0.15) is 11.6 Å². The minimum Gasteiger partial charge on any atom is -0.425 e. The van der Waals surface area contributed by atoms with Crippen LogP contribution in [0.3, 0.4) is 0 Å². The van der Waals surface area contributed by atoms with Gasteiger partial charge in [0.2, 0.25) is 0 Å². The van der Waals surface area contributed by atoms with E-state index in [1.54, 1.807) is 27.7 Å². The maximum atomic E-state index is 11.9. The Balaban J connectivity index is 2.89. The molecule has 0 aliphatic rings. The molecule has 1 heterocycles. The summed E-state index contributed by atoms with van der Waals surface area (Å²) in [6.45, 7) is 7.05. The average molecular weight is 268 g/mol. The summed E-state index contributed by atoms with van der Waals surface area (Å²) in [5.41, 5.74) is 8.81. The quantitative estimate of drug-likeness (QED) is 0.355. The van der Waals surface area contributed by atoms with Crippen LogP contribution < -0.4 is 0 Å². The molecule has 0 radical (unpaired) electrons. The van der Waals surface area contributed by atoms with E-state index in [-0.39, 0.29) is 6.04 Å². The van der Waals surface area contributed by atoms with Crippen molar-refractivity contribution in [3.8, 4) is 0 Å². The molecule has 0 saturated carbocycles. The Labute approximate surface area is 110 Å². The Morgan fingerprint density at radius 2 is 2.28 bits per heavy atom. The second kappa shape index (κ2) is 5.75. The van der Waals surface area contributed by atoms with E-state index >= 15 is 0 Å². The lowest BCUT2D eigenvalue weighted by Gasteiger charge is -2.23. The van der Waals surface area contributed by atoms with Crippen molar-refractivity contribution in [3.63, 3.8) is 0 Å². The number of carbonyl (C=O) groups excluding carboxylic acids is 1. The van der Waals surface area contributed by atoms with Gasteiger partial charge in [-0.3, -0.25) is 0 Å². The van der Waals surface area contributed by atoms with Gasteiger partial charge >= 0.3 is 6.09 Å². The van der Waals surface area contributed by atoms with Crippen LogP contribution in [0.25, 0.3) is 10.4 Å². The fraction of sp³-hybridized carbons (Fsp3) is 0.545. The van der Waals surface area contributed by atoms with Gasteiger partial charge in [-0.1, -0.05) is 0 Å². The number of rotatable bonds is 3. The molecule has 0 N–H and O–H groups in total. The number of azide groups is 1. The van der Waals surface area contributed by atoms with Crippen molar-refractivity contribution in [1.82, 2.24) is 5.01 Å². The second-order valence-electron chi connectivity index (χ2n) is 4.74. The van der Waals surface area contributed by atoms with Crippen LogP contribution >= 0.6 is 11.3 Å². The monoisotopic (exact) mass is 268 g/mol. The lowest BCUT2D eigenvalue weighted by molar-refractivity contribution is 0.0173. The van der Waals surface area contributed by atoms with Crippen LogP contribution in [0, 0.1) is 0 Å². The SMILES string of the molecule is C[C@@H](c1ccsc1)N(N=[N+]=[N-])C(=O)OC(C)(C)C. The molecule has 0 aromatic carbocycles. The molecule has 0 bridgehead atoms. The third-order valence-corrected chi connectivity index (χ3v) is 2.81. The highest BCUT2D eigenvalue weighted by Crippen LogP contribution is 2.24. The molecule has 98 valence electrons. The molecule has 1 atom stereocenters. The van der Waals surface area contributed by atoms with E-state index in [1.165, 1.54) is 11.3 Å². The van der Waals surface area contributed by atoms with Crippen LogP contribution in [0.1, 0.15) is 39.3 Å². The second-order valence-corrected chi connectivity index (χ2v) is 5.52. The van der Waals surface area contributed by atoms with Crippen LogP contribution in [-0.2, 0) is 4.74 Å². The van der Waals surface area contributed by atoms with E-state index in [2.05, 4.69) is 10.1 Å². The molecular weight excluding hydrogens is 252 g/mol. The first-order chi connectivity index (χ1) is 8.35. The van der Waals surface area contributed by atoms with Crippen LogP contribution in [-0.4, -0.2) is 16.7 Å². The third kappa shape index (κ3) is 3.94. The minimum absolute atomic E-state index is 0.359. The van der Waals surface area contributed by atoms with Crippen LogP contribution in [0.4, 0.5) is 4.79 Å². The normalized spacial score (nSPS) is 12.4. The number of nitrogens with zero attached hydrogens (tertiary/aromatic N) is 4. The maximum Gasteiger partial charge on any atom is 0.511 e. The fourth-order valence-electron chi connectivity index (χ4n) is 1.28. The summed E-state index contributed by atoms with van der Waals surface area (Å²) in [5, 5.41) is 8.21. The van der Waals surface area contributed by atoms with Crippen LogP contribution in [0.2, 0.25) is 0 Å². The molecule has 0 aliphatic heterocycles. The van der Waals surface area contributed by atoms with Crippen molar-refractivity contribution in [3.05, 3.63) is 32.8 Å². The molecule has 6 nitrogen and oxygen atoms in total. The van der Waals surface area contributed by atoms with Crippen molar-refractivity contribution in [2.75, 3.05) is 0 Å². The number of ether oxygens (including phenoxy) is 1. The number of carbonyl (C=O) groups is 1. The highest BCUT2D eigenvalue weighted by Gasteiger charge is 2.30. The van der Waals surface area contributed by atoms with E-state index in [9.17, 15) is 4.79 Å². The largest absolute Gasteiger partial charge is 0.511 e. The molecule has 0 unspecified atom stereocenters. The molecule has 1 aromatic heterocycles. The first kappa shape index (κ1) is 14.3. The van der Waals surface area contributed by atoms with Crippen molar-refractivity contribution in [1.29, 1.82) is 0 Å². The van der Waals surface area contributed by atoms with Gasteiger partial charge in [-0.25, -0.2) is 0 Å². The van der Waals surface area contributed by atoms with Gasteiger partial charge in [0.15, 0.2) is 0 Å². The van der Waals surface area contributed by atoms with Gasteiger partial charge in [0.05, 0.1) is 0 Å². The summed E-state index contributed by atoms with van der Waals surface area (Å²) >= 11 is 1.51. The van der Waals surface area contributed by atoms with E-state index in [1.807, 2.05) is 16.8 Å². The summed E-state index contributed by atoms with van der Waals surface area (Å²) in [6, 6.07) is 1.52. The van der Waals surface area contributed by atoms with E-state index in [0.29, 0.717) is 0 Å². The molecule has 1 aromatic rings. The minimum atomic E-state index is -0.654. The van der Waals surface area contributed by atoms with E-state index in [4.69, 9.17) is 10.3 Å². The lowest BCUT2D eigenvalue weighted by Crippen LogP contribution is -2.34. The molecule has 7 heteroatoms. The van der Waals surface area contributed by atoms with Gasteiger partial charge in [0.25, 0.3) is 0 Å². The highest BCUT2D eigenvalue weighted by molar-refractivity contribution is 7.07. The van der Waals surface area contributed by atoms with Gasteiger partial charge in [0, 0.05) is 5.56 Å². The Hall–Kier alpha value is -1.72. The van der Waals surface area contributed by atoms with Crippen molar-refractivity contribution >= 4 is 17.4 Å². The molecular formula is C11H16N4O2S. The molecule has 0 aliphatic carbocycles. The molecule has 0 saturated heterocycles. The summed E-state index contributed by atoms with van der Waals surface area (Å²) in [7, 11) is 0. The van der Waals surface area contributed by atoms with Gasteiger partial charge < -0.3 is 4.74 Å². The zero-order valence-corrected chi connectivity index (χ0v) is 11.6. The van der Waals surface area contributed by atoms with Crippen molar-refractivity contribution in [2.24, 2.45) is 5.22 Å². The summed E-state index contributed by atoms with van der Waals surface area (Å²) in [5.74, 6) is 0. The number of hydrogen-bond acceptors (Lipinski definition) is 4. The van der Waals surface area contributed by atoms with Gasteiger partial charge in [-0.15, -0.1) is 10.5 Å². The van der Waals surface area contributed by atoms with Crippen LogP contribution in [0.5, 0.6) is 0 Å². The standard InChI is InChI=1S/C11H16N4O2S/c1-8(9-5-6-18-7-9)15(14-13-12)10(16)17-11(2,3)4/h5-8H,1-4H3/t8-/m0/s1. The average Bonchev–Trinajstić information content (AvgIpc) is 2.75. The number of hydrogen-bond donors (Lipinski definition) is 0. The molecule has 18 heavy (non-hydrogen) atoms. The maximum absolute atomic E-state index is 11.9. The fourth-order valence-corrected chi connectivity index (χ4v) is 2.02. The Bertz CT molecular complexity index is 446. The van der Waals surface area contributed by atoms with E-state index in [0.717, 1.165) is 10.6 Å². The molecule has 1 amide bonds. The zero-order valence-electron chi connectivity index (χ0n) is 10.8. The highest BCUT2D eigenvalue weighted by atomic mass is 32.1. The predicted octanol–water partition coefficient (Wildman–Crippen LogP) is 4.27. The number of amides is 1. The molecule has 0 fully saturated rings. The van der Waals surface area contributed by atoms with Gasteiger partial charge in [-0.05, 0) is 49.7 Å². The number of thiophene rings is 1. The topological polar surface area (TPSA) is 78.3 Å². The Morgan fingerprint density at radius 1 is 1.61 bits per heavy atom. The van der Waals surface area contributed by atoms with E-state index < -0.39 is 11.7 Å². The van der Waals surface area contributed by atoms with Crippen molar-refractivity contribution in [2.45, 2.75) is 39.3 Å². The van der Waals surface area contributed by atoms with Gasteiger partial charge in [-0.2, -0.15) is 21.0 Å². The zero-order chi connectivity index (χ0) is 13.8. The molecule has 0 spiro atoms. The summed E-state index contributed by atoms with van der Waals surface area (Å²) < 4.78 is 5.20. The third-order valence-electron chi connectivity index (χ3n) is 2.11. The summed E-state index contributed by atoms with van der Waals surface area (Å²) in [6.07, 6.45) is -0.654. The Kier molecular flexibility index (Phi) is 4.58. The molecule has 1 rings (SSSR count). The smallest absolute Gasteiger partial charge is 0.425 e. The Morgan fingerprint density at radius 3 is 2.72 bits per heavy atom. The van der Waals surface area contributed by atoms with Crippen LogP contribution in [0.15, 0.2) is 22.0 Å². The first-order valence-corrected chi connectivity index (χ1v) is 6.39. The van der Waals surface area contributed by atoms with Crippen molar-refractivity contribution < 1.29 is 9.53 Å². The predicted molar refractivity (Wildman–Crippen MR) is 70.0 cm³/mol. The summed E-state index contributed by atoms with van der Waals surface area (Å²) in [4.78, 5) is 14.6. The first-order valence-electron chi connectivity index (χ1n) is 5.44.